The predicted octanol–water partition coefficient (Wildman–Crippen LogP) is 5.59. The van der Waals surface area contributed by atoms with Crippen molar-refractivity contribution in [2.75, 3.05) is 5.32 Å². The molecule has 4 rings (SSSR count). The Bertz CT molecular complexity index is 1120. The first-order valence-electron chi connectivity index (χ1n) is 8.14. The second-order valence-corrected chi connectivity index (χ2v) is 7.49. The minimum absolute atomic E-state index is 0.135. The second-order valence-electron chi connectivity index (χ2n) is 6.07. The summed E-state index contributed by atoms with van der Waals surface area (Å²) in [7, 11) is 0. The van der Waals surface area contributed by atoms with Crippen LogP contribution in [0, 0.1) is 13.8 Å². The molecule has 130 valence electrons. The molecule has 0 aliphatic rings. The van der Waals surface area contributed by atoms with Crippen LogP contribution in [-0.4, -0.2) is 15.3 Å². The van der Waals surface area contributed by atoms with Crippen LogP contribution in [0.2, 0.25) is 5.02 Å². The molecule has 0 unspecified atom stereocenters. The highest BCUT2D eigenvalue weighted by molar-refractivity contribution is 7.19. The van der Waals surface area contributed by atoms with Gasteiger partial charge in [-0.1, -0.05) is 53.3 Å². The Labute approximate surface area is 160 Å². The molecule has 2 aromatic heterocycles. The fourth-order valence-electron chi connectivity index (χ4n) is 2.86. The Morgan fingerprint density at radius 2 is 1.92 bits per heavy atom. The van der Waals surface area contributed by atoms with E-state index in [0.717, 1.165) is 33.2 Å². The molecule has 0 saturated carbocycles. The maximum atomic E-state index is 12.7. The minimum Gasteiger partial charge on any atom is -0.321 e. The highest BCUT2D eigenvalue weighted by Gasteiger charge is 2.18. The number of aromatic nitrogens is 2. The number of carbonyl (C=O) groups is 1. The van der Waals surface area contributed by atoms with Crippen molar-refractivity contribution in [3.05, 3.63) is 75.9 Å². The zero-order valence-electron chi connectivity index (χ0n) is 14.3. The molecule has 2 heterocycles. The number of thiazole rings is 1. The number of hydrogen-bond acceptors (Lipinski definition) is 3. The van der Waals surface area contributed by atoms with Crippen molar-refractivity contribution >= 4 is 39.5 Å². The van der Waals surface area contributed by atoms with Gasteiger partial charge in [0.15, 0.2) is 4.96 Å². The Kier molecular flexibility index (Phi) is 4.26. The van der Waals surface area contributed by atoms with E-state index in [1.165, 1.54) is 11.3 Å². The van der Waals surface area contributed by atoms with E-state index in [1.54, 1.807) is 6.07 Å². The molecule has 4 aromatic rings. The third-order valence-corrected chi connectivity index (χ3v) is 5.66. The van der Waals surface area contributed by atoms with E-state index in [9.17, 15) is 4.79 Å². The number of anilines is 1. The van der Waals surface area contributed by atoms with Gasteiger partial charge in [-0.3, -0.25) is 9.20 Å². The number of nitrogens with one attached hydrogen (secondary N) is 1. The predicted molar refractivity (Wildman–Crippen MR) is 107 cm³/mol. The molecule has 0 saturated heterocycles. The van der Waals surface area contributed by atoms with E-state index in [-0.39, 0.29) is 5.91 Å². The SMILES string of the molecule is Cc1cc(Cl)ccc1NC(=O)c1sc2nc(-c3ccccc3)cn2c1C. The van der Waals surface area contributed by atoms with E-state index in [1.807, 2.05) is 66.9 Å². The summed E-state index contributed by atoms with van der Waals surface area (Å²) in [6.45, 7) is 3.85. The summed E-state index contributed by atoms with van der Waals surface area (Å²) in [6, 6.07) is 15.4. The molecule has 1 N–H and O–H groups in total. The maximum absolute atomic E-state index is 12.7. The fraction of sp³-hybridized carbons (Fsp3) is 0.100. The molecule has 2 aromatic carbocycles. The largest absolute Gasteiger partial charge is 0.321 e. The molecular formula is C20H16ClN3OS. The molecule has 0 atom stereocenters. The molecule has 1 amide bonds. The van der Waals surface area contributed by atoms with Crippen LogP contribution in [-0.2, 0) is 0 Å². The highest BCUT2D eigenvalue weighted by Crippen LogP contribution is 2.28. The molecule has 6 heteroatoms. The summed E-state index contributed by atoms with van der Waals surface area (Å²) >= 11 is 7.37. The number of amides is 1. The molecule has 0 aliphatic heterocycles. The van der Waals surface area contributed by atoms with E-state index >= 15 is 0 Å². The first kappa shape index (κ1) is 16.8. The van der Waals surface area contributed by atoms with Crippen LogP contribution in [0.15, 0.2) is 54.7 Å². The number of aryl methyl sites for hydroxylation is 2. The van der Waals surface area contributed by atoms with Crippen molar-refractivity contribution in [1.29, 1.82) is 0 Å². The van der Waals surface area contributed by atoms with E-state index in [0.29, 0.717) is 9.90 Å². The number of benzene rings is 2. The van der Waals surface area contributed by atoms with Crippen molar-refractivity contribution in [2.45, 2.75) is 13.8 Å². The number of hydrogen-bond donors (Lipinski definition) is 1. The van der Waals surface area contributed by atoms with E-state index < -0.39 is 0 Å². The number of fused-ring (bicyclic) bond motifs is 1. The number of halogens is 1. The molecule has 0 bridgehead atoms. The molecule has 0 spiro atoms. The highest BCUT2D eigenvalue weighted by atomic mass is 35.5. The van der Waals surface area contributed by atoms with Gasteiger partial charge in [-0.15, -0.1) is 0 Å². The van der Waals surface area contributed by atoms with Crippen molar-refractivity contribution < 1.29 is 4.79 Å². The molecule has 4 nitrogen and oxygen atoms in total. The van der Waals surface area contributed by atoms with Crippen LogP contribution in [0.3, 0.4) is 0 Å². The lowest BCUT2D eigenvalue weighted by Crippen LogP contribution is -2.12. The average molecular weight is 382 g/mol. The van der Waals surface area contributed by atoms with Gasteiger partial charge < -0.3 is 5.32 Å². The van der Waals surface area contributed by atoms with Crippen molar-refractivity contribution in [2.24, 2.45) is 0 Å². The minimum atomic E-state index is -0.135. The Balaban J connectivity index is 1.65. The van der Waals surface area contributed by atoms with Crippen molar-refractivity contribution in [1.82, 2.24) is 9.38 Å². The Hall–Kier alpha value is -2.63. The first-order valence-corrected chi connectivity index (χ1v) is 9.34. The standard InChI is InChI=1S/C20H16ClN3OS/c1-12-10-15(21)8-9-16(12)22-19(25)18-13(2)24-11-17(23-20(24)26-18)14-6-4-3-5-7-14/h3-11H,1-2H3,(H,22,25). The van der Waals surface area contributed by atoms with Crippen LogP contribution in [0.5, 0.6) is 0 Å². The summed E-state index contributed by atoms with van der Waals surface area (Å²) in [5, 5.41) is 3.62. The van der Waals surface area contributed by atoms with Gasteiger partial charge in [-0.2, -0.15) is 0 Å². The van der Waals surface area contributed by atoms with Crippen LogP contribution in [0.4, 0.5) is 5.69 Å². The van der Waals surface area contributed by atoms with Gasteiger partial charge >= 0.3 is 0 Å². The zero-order valence-corrected chi connectivity index (χ0v) is 15.9. The summed E-state index contributed by atoms with van der Waals surface area (Å²) in [5.41, 5.74) is 4.53. The average Bonchev–Trinajstić information content (AvgIpc) is 3.18. The lowest BCUT2D eigenvalue weighted by molar-refractivity contribution is 0.102. The fourth-order valence-corrected chi connectivity index (χ4v) is 4.09. The second kappa shape index (κ2) is 6.59. The maximum Gasteiger partial charge on any atom is 0.267 e. The lowest BCUT2D eigenvalue weighted by atomic mass is 10.2. The number of carbonyl (C=O) groups excluding carboxylic acids is 1. The van der Waals surface area contributed by atoms with Crippen LogP contribution >= 0.6 is 22.9 Å². The molecule has 0 fully saturated rings. The van der Waals surface area contributed by atoms with Crippen LogP contribution < -0.4 is 5.32 Å². The Morgan fingerprint density at radius 3 is 2.62 bits per heavy atom. The molecular weight excluding hydrogens is 366 g/mol. The monoisotopic (exact) mass is 381 g/mol. The van der Waals surface area contributed by atoms with Crippen LogP contribution in [0.25, 0.3) is 16.2 Å². The number of imidazole rings is 1. The third kappa shape index (κ3) is 3.00. The van der Waals surface area contributed by atoms with Crippen molar-refractivity contribution in [3.8, 4) is 11.3 Å². The summed E-state index contributed by atoms with van der Waals surface area (Å²) in [4.78, 5) is 18.8. The van der Waals surface area contributed by atoms with Crippen LogP contribution in [0.1, 0.15) is 20.9 Å². The summed E-state index contributed by atoms with van der Waals surface area (Å²) < 4.78 is 1.97. The summed E-state index contributed by atoms with van der Waals surface area (Å²) in [5.74, 6) is -0.135. The van der Waals surface area contributed by atoms with Gasteiger partial charge in [0.05, 0.1) is 5.69 Å². The van der Waals surface area contributed by atoms with Gasteiger partial charge in [0.1, 0.15) is 4.88 Å². The normalized spacial score (nSPS) is 11.0. The van der Waals surface area contributed by atoms with Gasteiger partial charge in [0.2, 0.25) is 0 Å². The van der Waals surface area contributed by atoms with Gasteiger partial charge in [0, 0.05) is 28.2 Å². The molecule has 0 aliphatic carbocycles. The number of nitrogens with zero attached hydrogens (tertiary/aromatic N) is 2. The topological polar surface area (TPSA) is 46.4 Å². The smallest absolute Gasteiger partial charge is 0.267 e. The molecule has 0 radical (unpaired) electrons. The first-order chi connectivity index (χ1) is 12.5. The van der Waals surface area contributed by atoms with E-state index in [4.69, 9.17) is 11.6 Å². The molecule has 26 heavy (non-hydrogen) atoms. The summed E-state index contributed by atoms with van der Waals surface area (Å²) in [6.07, 6.45) is 1.97. The zero-order chi connectivity index (χ0) is 18.3. The quantitative estimate of drug-likeness (QED) is 0.503. The van der Waals surface area contributed by atoms with E-state index in [2.05, 4.69) is 10.3 Å². The van der Waals surface area contributed by atoms with Gasteiger partial charge in [-0.05, 0) is 37.6 Å². The third-order valence-electron chi connectivity index (χ3n) is 4.27. The Morgan fingerprint density at radius 1 is 1.15 bits per heavy atom. The van der Waals surface area contributed by atoms with Crippen molar-refractivity contribution in [3.63, 3.8) is 0 Å². The van der Waals surface area contributed by atoms with Gasteiger partial charge in [-0.25, -0.2) is 4.98 Å². The van der Waals surface area contributed by atoms with Gasteiger partial charge in [0.25, 0.3) is 5.91 Å². The number of rotatable bonds is 3. The lowest BCUT2D eigenvalue weighted by Gasteiger charge is -2.08.